The number of anilines is 1. The summed E-state index contributed by atoms with van der Waals surface area (Å²) in [5.74, 6) is 1.70. The van der Waals surface area contributed by atoms with Crippen LogP contribution in [-0.4, -0.2) is 46.2 Å². The molecule has 0 amide bonds. The Balaban J connectivity index is 1.60. The number of likely N-dealkylation sites (tertiary alicyclic amines) is 1. The van der Waals surface area contributed by atoms with Gasteiger partial charge in [0.1, 0.15) is 5.76 Å². The number of hydrogen-bond donors (Lipinski definition) is 2. The van der Waals surface area contributed by atoms with E-state index in [1.807, 2.05) is 19.9 Å². The van der Waals surface area contributed by atoms with E-state index in [1.165, 1.54) is 0 Å². The van der Waals surface area contributed by atoms with Crippen molar-refractivity contribution in [3.63, 3.8) is 0 Å². The van der Waals surface area contributed by atoms with Crippen molar-refractivity contribution in [2.75, 3.05) is 25.5 Å². The summed E-state index contributed by atoms with van der Waals surface area (Å²) in [6.07, 6.45) is 2.30. The third-order valence-corrected chi connectivity index (χ3v) is 4.86. The first-order chi connectivity index (χ1) is 11.6. The number of rotatable bonds is 3. The molecule has 3 heterocycles. The molecule has 0 saturated carbocycles. The largest absolute Gasteiger partial charge is 0.361 e. The van der Waals surface area contributed by atoms with Gasteiger partial charge in [0.2, 0.25) is 5.95 Å². The number of benzene rings is 1. The van der Waals surface area contributed by atoms with Gasteiger partial charge in [-0.25, -0.2) is 4.98 Å². The molecule has 6 nitrogen and oxygen atoms in total. The Hall–Kier alpha value is -2.34. The standard InChI is InChI=1S/C18H23N5O/c1-11-17(12(2)24-22-11)13-4-5-15-16(10-13)21-18(20-15)19-14-6-8-23(3)9-7-14/h4-5,10,14H,6-9H2,1-3H3,(H2,19,20,21). The van der Waals surface area contributed by atoms with Gasteiger partial charge in [0, 0.05) is 11.6 Å². The topological polar surface area (TPSA) is 70.0 Å². The number of nitrogens with one attached hydrogen (secondary N) is 2. The maximum atomic E-state index is 5.28. The molecule has 0 unspecified atom stereocenters. The lowest BCUT2D eigenvalue weighted by Crippen LogP contribution is -2.36. The molecule has 1 aliphatic heterocycles. The lowest BCUT2D eigenvalue weighted by Gasteiger charge is -2.29. The van der Waals surface area contributed by atoms with Crippen molar-refractivity contribution in [3.8, 4) is 11.1 Å². The Kier molecular flexibility index (Phi) is 3.76. The maximum absolute atomic E-state index is 5.28. The maximum Gasteiger partial charge on any atom is 0.201 e. The first-order valence-electron chi connectivity index (χ1n) is 8.48. The first-order valence-corrected chi connectivity index (χ1v) is 8.48. The number of imidazole rings is 1. The minimum Gasteiger partial charge on any atom is -0.361 e. The molecule has 126 valence electrons. The molecule has 0 atom stereocenters. The zero-order chi connectivity index (χ0) is 16.7. The van der Waals surface area contributed by atoms with Gasteiger partial charge in [-0.2, -0.15) is 0 Å². The van der Waals surface area contributed by atoms with Crippen LogP contribution in [0.25, 0.3) is 22.2 Å². The molecular formula is C18H23N5O. The fourth-order valence-electron chi connectivity index (χ4n) is 3.47. The van der Waals surface area contributed by atoms with Gasteiger partial charge in [-0.1, -0.05) is 11.2 Å². The Morgan fingerprint density at radius 3 is 2.75 bits per heavy atom. The van der Waals surface area contributed by atoms with E-state index in [2.05, 4.69) is 44.5 Å². The Bertz CT molecular complexity index is 838. The summed E-state index contributed by atoms with van der Waals surface area (Å²) in [4.78, 5) is 10.5. The van der Waals surface area contributed by atoms with Gasteiger partial charge >= 0.3 is 0 Å². The zero-order valence-corrected chi connectivity index (χ0v) is 14.4. The molecule has 1 saturated heterocycles. The molecule has 2 N–H and O–H groups in total. The highest BCUT2D eigenvalue weighted by Gasteiger charge is 2.18. The number of nitrogens with zero attached hydrogens (tertiary/aromatic N) is 3. The van der Waals surface area contributed by atoms with Crippen LogP contribution in [0.2, 0.25) is 0 Å². The van der Waals surface area contributed by atoms with Crippen molar-refractivity contribution in [3.05, 3.63) is 29.7 Å². The third kappa shape index (κ3) is 2.78. The highest BCUT2D eigenvalue weighted by atomic mass is 16.5. The lowest BCUT2D eigenvalue weighted by molar-refractivity contribution is 0.263. The van der Waals surface area contributed by atoms with Crippen LogP contribution in [-0.2, 0) is 0 Å². The van der Waals surface area contributed by atoms with Crippen LogP contribution in [0.1, 0.15) is 24.3 Å². The summed E-state index contributed by atoms with van der Waals surface area (Å²) in [6, 6.07) is 6.74. The summed E-state index contributed by atoms with van der Waals surface area (Å²) in [5.41, 5.74) is 5.09. The number of piperidine rings is 1. The summed E-state index contributed by atoms with van der Waals surface area (Å²) in [7, 11) is 2.17. The van der Waals surface area contributed by atoms with Crippen LogP contribution in [0.5, 0.6) is 0 Å². The lowest BCUT2D eigenvalue weighted by atomic mass is 10.0. The Morgan fingerprint density at radius 1 is 1.25 bits per heavy atom. The molecule has 0 aliphatic carbocycles. The van der Waals surface area contributed by atoms with Crippen LogP contribution in [0.15, 0.2) is 22.7 Å². The van der Waals surface area contributed by atoms with E-state index in [9.17, 15) is 0 Å². The molecular weight excluding hydrogens is 302 g/mol. The summed E-state index contributed by atoms with van der Waals surface area (Å²) < 4.78 is 5.28. The number of aryl methyl sites for hydroxylation is 2. The quantitative estimate of drug-likeness (QED) is 0.773. The van der Waals surface area contributed by atoms with Crippen LogP contribution in [0.4, 0.5) is 5.95 Å². The van der Waals surface area contributed by atoms with Gasteiger partial charge in [0.15, 0.2) is 0 Å². The SMILES string of the molecule is Cc1noc(C)c1-c1ccc2nc(NC3CCN(C)CC3)[nH]c2c1. The van der Waals surface area contributed by atoms with Crippen molar-refractivity contribution < 1.29 is 4.52 Å². The molecule has 0 bridgehead atoms. The minimum atomic E-state index is 0.490. The van der Waals surface area contributed by atoms with Crippen molar-refractivity contribution in [1.29, 1.82) is 0 Å². The van der Waals surface area contributed by atoms with Gasteiger partial charge in [-0.05, 0) is 64.5 Å². The highest BCUT2D eigenvalue weighted by molar-refractivity contribution is 5.84. The molecule has 1 aromatic carbocycles. The van der Waals surface area contributed by atoms with Crippen LogP contribution in [0, 0.1) is 13.8 Å². The first kappa shape index (κ1) is 15.2. The average molecular weight is 325 g/mol. The fourth-order valence-corrected chi connectivity index (χ4v) is 3.47. The second kappa shape index (κ2) is 5.94. The van der Waals surface area contributed by atoms with Crippen molar-refractivity contribution >= 4 is 17.0 Å². The zero-order valence-electron chi connectivity index (χ0n) is 14.4. The van der Waals surface area contributed by atoms with Gasteiger partial charge in [-0.3, -0.25) is 0 Å². The van der Waals surface area contributed by atoms with Crippen LogP contribution in [0.3, 0.4) is 0 Å². The molecule has 6 heteroatoms. The molecule has 24 heavy (non-hydrogen) atoms. The molecule has 2 aromatic heterocycles. The van der Waals surface area contributed by atoms with Crippen LogP contribution >= 0.6 is 0 Å². The number of hydrogen-bond acceptors (Lipinski definition) is 5. The van der Waals surface area contributed by atoms with E-state index < -0.39 is 0 Å². The van der Waals surface area contributed by atoms with Gasteiger partial charge < -0.3 is 19.7 Å². The predicted molar refractivity (Wildman–Crippen MR) is 95.2 cm³/mol. The summed E-state index contributed by atoms with van der Waals surface area (Å²) in [6.45, 7) is 6.18. The van der Waals surface area contributed by atoms with Gasteiger partial charge in [-0.15, -0.1) is 0 Å². The van der Waals surface area contributed by atoms with Crippen molar-refractivity contribution in [2.24, 2.45) is 0 Å². The fraction of sp³-hybridized carbons (Fsp3) is 0.444. The average Bonchev–Trinajstić information content (AvgIpc) is 3.11. The van der Waals surface area contributed by atoms with E-state index >= 15 is 0 Å². The number of fused-ring (bicyclic) bond motifs is 1. The van der Waals surface area contributed by atoms with E-state index in [0.717, 1.165) is 65.5 Å². The molecule has 4 rings (SSSR count). The van der Waals surface area contributed by atoms with E-state index in [1.54, 1.807) is 0 Å². The van der Waals surface area contributed by atoms with Crippen molar-refractivity contribution in [1.82, 2.24) is 20.0 Å². The number of aromatic nitrogens is 3. The monoisotopic (exact) mass is 325 g/mol. The Labute approximate surface area is 141 Å². The van der Waals surface area contributed by atoms with E-state index in [4.69, 9.17) is 4.52 Å². The van der Waals surface area contributed by atoms with Crippen LogP contribution < -0.4 is 5.32 Å². The molecule has 0 radical (unpaired) electrons. The van der Waals surface area contributed by atoms with Crippen molar-refractivity contribution in [2.45, 2.75) is 32.7 Å². The molecule has 1 fully saturated rings. The molecule has 1 aliphatic rings. The molecule has 0 spiro atoms. The van der Waals surface area contributed by atoms with E-state index in [0.29, 0.717) is 6.04 Å². The third-order valence-electron chi connectivity index (χ3n) is 4.86. The Morgan fingerprint density at radius 2 is 2.04 bits per heavy atom. The highest BCUT2D eigenvalue weighted by Crippen LogP contribution is 2.29. The second-order valence-corrected chi connectivity index (χ2v) is 6.74. The van der Waals surface area contributed by atoms with Gasteiger partial charge in [0.25, 0.3) is 0 Å². The van der Waals surface area contributed by atoms with Gasteiger partial charge in [0.05, 0.1) is 16.7 Å². The summed E-state index contributed by atoms with van der Waals surface area (Å²) in [5, 5.41) is 7.59. The smallest absolute Gasteiger partial charge is 0.201 e. The number of H-pyrrole nitrogens is 1. The molecule has 3 aromatic rings. The summed E-state index contributed by atoms with van der Waals surface area (Å²) >= 11 is 0. The van der Waals surface area contributed by atoms with E-state index in [-0.39, 0.29) is 0 Å². The second-order valence-electron chi connectivity index (χ2n) is 6.74. The minimum absolute atomic E-state index is 0.490. The predicted octanol–water partition coefficient (Wildman–Crippen LogP) is 3.34. The number of aromatic amines is 1. The normalized spacial score (nSPS) is 16.8.